The Morgan fingerprint density at radius 1 is 1.27 bits per heavy atom. The number of para-hydroxylation sites is 1. The van der Waals surface area contributed by atoms with Gasteiger partial charge in [-0.25, -0.2) is 0 Å². The molecule has 3 heteroatoms. The molecule has 1 N–H and O–H groups in total. The Bertz CT molecular complexity index is 394. The average Bonchev–Trinajstić information content (AvgIpc) is 2.30. The van der Waals surface area contributed by atoms with E-state index in [2.05, 4.69) is 10.4 Å². The third kappa shape index (κ3) is 0.850. The van der Waals surface area contributed by atoms with E-state index in [0.29, 0.717) is 0 Å². The molecule has 2 rings (SSSR count). The normalized spacial score (nSPS) is 10.6. The van der Waals surface area contributed by atoms with Crippen LogP contribution in [0.4, 0.5) is 0 Å². The van der Waals surface area contributed by atoms with Crippen LogP contribution >= 0.6 is 0 Å². The molecule has 1 heterocycles. The first-order valence-electron chi connectivity index (χ1n) is 3.30. The Balaban J connectivity index is 2.92. The van der Waals surface area contributed by atoms with Crippen molar-refractivity contribution in [3.05, 3.63) is 30.3 Å². The zero-order valence-corrected chi connectivity index (χ0v) is 6.78. The van der Waals surface area contributed by atoms with E-state index in [1.165, 1.54) is 0 Å². The van der Waals surface area contributed by atoms with Gasteiger partial charge in [0.2, 0.25) is 0 Å². The van der Waals surface area contributed by atoms with Gasteiger partial charge in [0.05, 0.1) is 0 Å². The Morgan fingerprint density at radius 3 is 2.73 bits per heavy atom. The van der Waals surface area contributed by atoms with Crippen molar-refractivity contribution in [1.82, 2.24) is 4.23 Å². The average molecular weight is 160 g/mol. The van der Waals surface area contributed by atoms with Crippen LogP contribution in [-0.4, -0.2) is 19.7 Å². The van der Waals surface area contributed by atoms with E-state index >= 15 is 0 Å². The van der Waals surface area contributed by atoms with Crippen molar-refractivity contribution in [2.24, 2.45) is 0 Å². The molecule has 0 saturated carbocycles. The van der Waals surface area contributed by atoms with Gasteiger partial charge in [0, 0.05) is 17.0 Å². The highest BCUT2D eigenvalue weighted by Crippen LogP contribution is 2.21. The fourth-order valence-electron chi connectivity index (χ4n) is 1.14. The SMILES string of the molecule is Oc1cc2ccccc2n1[Si]. The Kier molecular flexibility index (Phi) is 1.26. The molecule has 0 atom stereocenters. The molecule has 2 nitrogen and oxygen atoms in total. The van der Waals surface area contributed by atoms with Gasteiger partial charge in [0.15, 0.2) is 16.3 Å². The molecule has 53 valence electrons. The second-order valence-electron chi connectivity index (χ2n) is 2.40. The molecule has 3 radical (unpaired) electrons. The van der Waals surface area contributed by atoms with E-state index in [1.54, 1.807) is 10.3 Å². The topological polar surface area (TPSA) is 25.2 Å². The standard InChI is InChI=1S/C8H6NOSi/c10-8-5-6-3-1-2-4-7(6)9(8)11/h1-5,10H. The monoisotopic (exact) mass is 160 g/mol. The highest BCUT2D eigenvalue weighted by Gasteiger charge is 2.00. The molecule has 0 saturated heterocycles. The van der Waals surface area contributed by atoms with Crippen molar-refractivity contribution < 1.29 is 5.11 Å². The third-order valence-electron chi connectivity index (χ3n) is 1.69. The summed E-state index contributed by atoms with van der Waals surface area (Å²) >= 11 is 0. The molecule has 0 bridgehead atoms. The number of hydrogen-bond donors (Lipinski definition) is 1. The minimum atomic E-state index is 0.225. The maximum Gasteiger partial charge on any atom is 0.200 e. The highest BCUT2D eigenvalue weighted by molar-refractivity contribution is 6.12. The van der Waals surface area contributed by atoms with Crippen LogP contribution in [0.1, 0.15) is 0 Å². The second-order valence-corrected chi connectivity index (χ2v) is 2.84. The fraction of sp³-hybridized carbons (Fsp3) is 0. The number of hydrogen-bond acceptors (Lipinski definition) is 1. The molecule has 1 aromatic carbocycles. The quantitative estimate of drug-likeness (QED) is 0.577. The maximum atomic E-state index is 9.26. The van der Waals surface area contributed by atoms with Gasteiger partial charge in [0.25, 0.3) is 0 Å². The smallest absolute Gasteiger partial charge is 0.200 e. The Hall–Kier alpha value is -1.22. The molecule has 0 aliphatic rings. The number of rotatable bonds is 0. The van der Waals surface area contributed by atoms with Gasteiger partial charge in [-0.2, -0.15) is 0 Å². The minimum absolute atomic E-state index is 0.225. The van der Waals surface area contributed by atoms with Gasteiger partial charge >= 0.3 is 0 Å². The van der Waals surface area contributed by atoms with Crippen LogP contribution in [0.3, 0.4) is 0 Å². The molecule has 1 aromatic heterocycles. The summed E-state index contributed by atoms with van der Waals surface area (Å²) in [5.74, 6) is 0.225. The summed E-state index contributed by atoms with van der Waals surface area (Å²) in [5.41, 5.74) is 0.974. The van der Waals surface area contributed by atoms with Gasteiger partial charge in [-0.15, -0.1) is 0 Å². The summed E-state index contributed by atoms with van der Waals surface area (Å²) < 4.78 is 1.56. The first-order valence-corrected chi connectivity index (χ1v) is 3.75. The molecule has 0 amide bonds. The molecule has 2 aromatic rings. The van der Waals surface area contributed by atoms with Crippen LogP contribution in [0.15, 0.2) is 30.3 Å². The zero-order chi connectivity index (χ0) is 7.84. The van der Waals surface area contributed by atoms with Crippen LogP contribution < -0.4 is 0 Å². The van der Waals surface area contributed by atoms with E-state index in [1.807, 2.05) is 24.3 Å². The third-order valence-corrected chi connectivity index (χ3v) is 2.16. The minimum Gasteiger partial charge on any atom is -0.495 e. The van der Waals surface area contributed by atoms with E-state index in [-0.39, 0.29) is 5.88 Å². The number of benzene rings is 1. The Morgan fingerprint density at radius 2 is 2.00 bits per heavy atom. The lowest BCUT2D eigenvalue weighted by molar-refractivity contribution is 0.452. The summed E-state index contributed by atoms with van der Waals surface area (Å²) in [7, 11) is 3.27. The van der Waals surface area contributed by atoms with Gasteiger partial charge in [-0.3, -0.25) is 0 Å². The predicted octanol–water partition coefficient (Wildman–Crippen LogP) is 1.28. The summed E-state index contributed by atoms with van der Waals surface area (Å²) in [6.45, 7) is 0. The van der Waals surface area contributed by atoms with Gasteiger partial charge in [-0.1, -0.05) is 18.2 Å². The first kappa shape index (κ1) is 6.48. The summed E-state index contributed by atoms with van der Waals surface area (Å²) in [4.78, 5) is 0. The second kappa shape index (κ2) is 2.13. The van der Waals surface area contributed by atoms with Crippen LogP contribution in [0, 0.1) is 0 Å². The van der Waals surface area contributed by atoms with Crippen molar-refractivity contribution >= 4 is 21.3 Å². The summed E-state index contributed by atoms with van der Waals surface area (Å²) in [6.07, 6.45) is 0. The van der Waals surface area contributed by atoms with Crippen molar-refractivity contribution in [1.29, 1.82) is 0 Å². The molecular weight excluding hydrogens is 154 g/mol. The Labute approximate surface area is 67.6 Å². The molecule has 0 fully saturated rings. The molecular formula is C8H6NOSi. The molecule has 0 unspecified atom stereocenters. The van der Waals surface area contributed by atoms with E-state index < -0.39 is 0 Å². The number of fused-ring (bicyclic) bond motifs is 1. The lowest BCUT2D eigenvalue weighted by Crippen LogP contribution is -1.87. The lowest BCUT2D eigenvalue weighted by atomic mass is 10.3. The van der Waals surface area contributed by atoms with Crippen molar-refractivity contribution in [3.8, 4) is 5.88 Å². The van der Waals surface area contributed by atoms with E-state index in [9.17, 15) is 5.11 Å². The van der Waals surface area contributed by atoms with Crippen LogP contribution in [-0.2, 0) is 0 Å². The van der Waals surface area contributed by atoms with E-state index in [4.69, 9.17) is 0 Å². The van der Waals surface area contributed by atoms with Crippen molar-refractivity contribution in [2.75, 3.05) is 0 Å². The molecule has 0 spiro atoms. The van der Waals surface area contributed by atoms with Gasteiger partial charge in [-0.05, 0) is 6.07 Å². The van der Waals surface area contributed by atoms with E-state index in [0.717, 1.165) is 10.9 Å². The number of aromatic nitrogens is 1. The zero-order valence-electron chi connectivity index (χ0n) is 5.78. The summed E-state index contributed by atoms with van der Waals surface area (Å²) in [6, 6.07) is 9.46. The first-order chi connectivity index (χ1) is 5.29. The largest absolute Gasteiger partial charge is 0.495 e. The number of aromatic hydroxyl groups is 1. The van der Waals surface area contributed by atoms with Crippen molar-refractivity contribution in [2.45, 2.75) is 0 Å². The highest BCUT2D eigenvalue weighted by atomic mass is 28.2. The van der Waals surface area contributed by atoms with Crippen molar-refractivity contribution in [3.63, 3.8) is 0 Å². The fourth-order valence-corrected chi connectivity index (χ4v) is 1.41. The van der Waals surface area contributed by atoms with Crippen LogP contribution in [0.5, 0.6) is 5.88 Å². The molecule has 11 heavy (non-hydrogen) atoms. The van der Waals surface area contributed by atoms with Gasteiger partial charge in [0.1, 0.15) is 0 Å². The predicted molar refractivity (Wildman–Crippen MR) is 44.8 cm³/mol. The van der Waals surface area contributed by atoms with Crippen LogP contribution in [0.25, 0.3) is 10.9 Å². The summed E-state index contributed by atoms with van der Waals surface area (Å²) in [5, 5.41) is 10.3. The number of nitrogens with zero attached hydrogens (tertiary/aromatic N) is 1. The lowest BCUT2D eigenvalue weighted by Gasteiger charge is -1.94. The van der Waals surface area contributed by atoms with Crippen LogP contribution in [0.2, 0.25) is 0 Å². The molecule has 0 aliphatic heterocycles. The van der Waals surface area contributed by atoms with Gasteiger partial charge < -0.3 is 9.34 Å². The molecule has 0 aliphatic carbocycles. The maximum absolute atomic E-state index is 9.26.